The first-order valence-electron chi connectivity index (χ1n) is 2.03. The molecular weight excluding hydrogens is 124 g/mol. The molecule has 0 unspecified atom stereocenters. The number of nitrogens with two attached hydrogens (primary N) is 2. The Hall–Kier alpha value is -0.640. The van der Waals surface area contributed by atoms with E-state index in [9.17, 15) is 4.79 Å². The van der Waals surface area contributed by atoms with Crippen molar-refractivity contribution in [1.82, 2.24) is 0 Å². The second-order valence-corrected chi connectivity index (χ2v) is 1.60. The summed E-state index contributed by atoms with van der Waals surface area (Å²) in [5, 5.41) is 0. The van der Waals surface area contributed by atoms with Crippen molar-refractivity contribution in [2.45, 2.75) is 0 Å². The molecule has 0 heterocycles. The molecule has 0 aromatic carbocycles. The molecule has 0 radical (unpaired) electrons. The van der Waals surface area contributed by atoms with Crippen LogP contribution in [0.25, 0.3) is 0 Å². The van der Waals surface area contributed by atoms with Crippen LogP contribution in [0, 0.1) is 0 Å². The third-order valence-corrected chi connectivity index (χ3v) is 0.875. The maximum Gasteiger partial charge on any atom is 0.243 e. The highest BCUT2D eigenvalue weighted by Crippen LogP contribution is 1.84. The molecule has 0 aliphatic carbocycles. The molecule has 0 aliphatic rings. The van der Waals surface area contributed by atoms with E-state index >= 15 is 0 Å². The van der Waals surface area contributed by atoms with Crippen LogP contribution in [0.4, 0.5) is 0 Å². The molecule has 0 saturated heterocycles. The lowest BCUT2D eigenvalue weighted by atomic mass is 10.4. The maximum atomic E-state index is 10.0. The molecule has 0 rings (SSSR count). The van der Waals surface area contributed by atoms with Gasteiger partial charge in [0.15, 0.2) is 0 Å². The fourth-order valence-electron chi connectivity index (χ4n) is 0.228. The lowest BCUT2D eigenvalue weighted by Gasteiger charge is -1.88. The van der Waals surface area contributed by atoms with Crippen LogP contribution in [-0.4, -0.2) is 11.7 Å². The van der Waals surface area contributed by atoms with Crippen molar-refractivity contribution in [2.24, 2.45) is 11.5 Å². The summed E-state index contributed by atoms with van der Waals surface area (Å²) in [6.07, 6.45) is 1.15. The average molecular weight is 132 g/mol. The normalized spacial score (nSPS) is 11.4. The summed E-state index contributed by atoms with van der Waals surface area (Å²) >= 11 is 3.79. The summed E-state index contributed by atoms with van der Waals surface area (Å²) in [4.78, 5) is 10.0. The first-order valence-corrected chi connectivity index (χ1v) is 2.66. The molecule has 0 atom stereocenters. The van der Waals surface area contributed by atoms with Gasteiger partial charge in [0.1, 0.15) is 0 Å². The first-order chi connectivity index (χ1) is 3.66. The van der Waals surface area contributed by atoms with Crippen LogP contribution >= 0.6 is 12.6 Å². The Morgan fingerprint density at radius 3 is 2.25 bits per heavy atom. The van der Waals surface area contributed by atoms with E-state index in [-0.39, 0.29) is 0 Å². The van der Waals surface area contributed by atoms with E-state index in [1.54, 1.807) is 0 Å². The van der Waals surface area contributed by atoms with Crippen LogP contribution in [0.5, 0.6) is 0 Å². The Balaban J connectivity index is 3.75. The molecule has 4 N–H and O–H groups in total. The van der Waals surface area contributed by atoms with Gasteiger partial charge in [0.05, 0.1) is 0 Å². The highest BCUT2D eigenvalue weighted by atomic mass is 32.1. The van der Waals surface area contributed by atoms with Crippen molar-refractivity contribution in [3.8, 4) is 0 Å². The van der Waals surface area contributed by atoms with Crippen molar-refractivity contribution in [3.05, 3.63) is 11.8 Å². The standard InChI is InChI=1S/C4H8N2OS/c5-3(2-8)1-4(6)7/h1,8H,2,5H2,(H2,6,7)/b3-1-. The smallest absolute Gasteiger partial charge is 0.243 e. The fraction of sp³-hybridized carbons (Fsp3) is 0.250. The van der Waals surface area contributed by atoms with Crippen LogP contribution in [0.2, 0.25) is 0 Å². The molecule has 0 bridgehead atoms. The highest BCUT2D eigenvalue weighted by molar-refractivity contribution is 7.80. The van der Waals surface area contributed by atoms with Crippen molar-refractivity contribution in [3.63, 3.8) is 0 Å². The van der Waals surface area contributed by atoms with Gasteiger partial charge in [0.2, 0.25) is 5.91 Å². The Morgan fingerprint density at radius 2 is 2.12 bits per heavy atom. The second-order valence-electron chi connectivity index (χ2n) is 1.28. The Labute approximate surface area is 53.1 Å². The zero-order valence-corrected chi connectivity index (χ0v) is 5.19. The number of rotatable bonds is 2. The average Bonchev–Trinajstić information content (AvgIpc) is 1.65. The predicted molar refractivity (Wildman–Crippen MR) is 35.3 cm³/mol. The van der Waals surface area contributed by atoms with Crippen LogP contribution in [-0.2, 0) is 4.79 Å². The zero-order valence-electron chi connectivity index (χ0n) is 4.29. The van der Waals surface area contributed by atoms with E-state index in [1.165, 1.54) is 0 Å². The van der Waals surface area contributed by atoms with Gasteiger partial charge in [-0.05, 0) is 0 Å². The molecule has 0 aromatic rings. The molecule has 0 saturated carbocycles. The number of hydrogen-bond acceptors (Lipinski definition) is 3. The quantitative estimate of drug-likeness (QED) is 0.341. The molecular formula is C4H8N2OS. The summed E-state index contributed by atoms with van der Waals surface area (Å²) in [6.45, 7) is 0. The number of amides is 1. The molecule has 0 spiro atoms. The summed E-state index contributed by atoms with van der Waals surface area (Å²) in [7, 11) is 0. The van der Waals surface area contributed by atoms with E-state index in [1.807, 2.05) is 0 Å². The van der Waals surface area contributed by atoms with E-state index in [0.29, 0.717) is 11.4 Å². The van der Waals surface area contributed by atoms with Gasteiger partial charge in [-0.15, -0.1) is 0 Å². The minimum Gasteiger partial charge on any atom is -0.401 e. The third-order valence-electron chi connectivity index (χ3n) is 0.510. The highest BCUT2D eigenvalue weighted by Gasteiger charge is 1.87. The summed E-state index contributed by atoms with van der Waals surface area (Å²) < 4.78 is 0. The van der Waals surface area contributed by atoms with Gasteiger partial charge in [0.25, 0.3) is 0 Å². The van der Waals surface area contributed by atoms with Gasteiger partial charge in [-0.1, -0.05) is 0 Å². The van der Waals surface area contributed by atoms with Crippen LogP contribution in [0.15, 0.2) is 11.8 Å². The lowest BCUT2D eigenvalue weighted by Crippen LogP contribution is -2.10. The molecule has 8 heavy (non-hydrogen) atoms. The molecule has 3 nitrogen and oxygen atoms in total. The van der Waals surface area contributed by atoms with Gasteiger partial charge in [-0.2, -0.15) is 12.6 Å². The van der Waals surface area contributed by atoms with Gasteiger partial charge in [-0.3, -0.25) is 4.79 Å². The Morgan fingerprint density at radius 1 is 1.62 bits per heavy atom. The molecule has 1 amide bonds. The first kappa shape index (κ1) is 7.36. The summed E-state index contributed by atoms with van der Waals surface area (Å²) in [5.41, 5.74) is 10.3. The number of carbonyl (C=O) groups is 1. The van der Waals surface area contributed by atoms with Crippen LogP contribution in [0.1, 0.15) is 0 Å². The third kappa shape index (κ3) is 3.55. The molecule has 0 fully saturated rings. The number of hydrogen-bond donors (Lipinski definition) is 3. The van der Waals surface area contributed by atoms with Gasteiger partial charge >= 0.3 is 0 Å². The Kier molecular flexibility index (Phi) is 3.10. The minimum atomic E-state index is -0.531. The fourth-order valence-corrected chi connectivity index (χ4v) is 0.320. The molecule has 46 valence electrons. The van der Waals surface area contributed by atoms with E-state index in [4.69, 9.17) is 11.5 Å². The van der Waals surface area contributed by atoms with Crippen LogP contribution in [0.3, 0.4) is 0 Å². The van der Waals surface area contributed by atoms with Crippen molar-refractivity contribution in [1.29, 1.82) is 0 Å². The van der Waals surface area contributed by atoms with Gasteiger partial charge < -0.3 is 11.5 Å². The van der Waals surface area contributed by atoms with Crippen LogP contribution < -0.4 is 11.5 Å². The molecule has 4 heteroatoms. The maximum absolute atomic E-state index is 10.0. The van der Waals surface area contributed by atoms with Gasteiger partial charge in [0, 0.05) is 17.5 Å². The van der Waals surface area contributed by atoms with Gasteiger partial charge in [-0.25, -0.2) is 0 Å². The van der Waals surface area contributed by atoms with E-state index < -0.39 is 5.91 Å². The number of carbonyl (C=O) groups excluding carboxylic acids is 1. The molecule has 0 aromatic heterocycles. The van der Waals surface area contributed by atoms with Crippen molar-refractivity contribution in [2.75, 3.05) is 5.75 Å². The largest absolute Gasteiger partial charge is 0.401 e. The second kappa shape index (κ2) is 3.37. The summed E-state index contributed by atoms with van der Waals surface area (Å²) in [5.74, 6) is -0.167. The van der Waals surface area contributed by atoms with Crippen molar-refractivity contribution >= 4 is 18.5 Å². The van der Waals surface area contributed by atoms with E-state index in [2.05, 4.69) is 12.6 Å². The lowest BCUT2D eigenvalue weighted by molar-refractivity contribution is -0.113. The Bertz CT molecular complexity index is 121. The predicted octanol–water partition coefficient (Wildman–Crippen LogP) is -0.756. The van der Waals surface area contributed by atoms with E-state index in [0.717, 1.165) is 6.08 Å². The van der Waals surface area contributed by atoms with Crippen molar-refractivity contribution < 1.29 is 4.79 Å². The number of primary amides is 1. The zero-order chi connectivity index (χ0) is 6.57. The molecule has 0 aliphatic heterocycles. The monoisotopic (exact) mass is 132 g/mol. The topological polar surface area (TPSA) is 69.1 Å². The minimum absolute atomic E-state index is 0.364. The summed E-state index contributed by atoms with van der Waals surface area (Å²) in [6, 6.07) is 0. The number of thiol groups is 1. The SMILES string of the molecule is NC(=O)/C=C(\N)CS.